The molecule has 0 spiro atoms. The van der Waals surface area contributed by atoms with Gasteiger partial charge in [0.25, 0.3) is 0 Å². The number of hydrogen-bond donors (Lipinski definition) is 1. The first-order valence-corrected chi connectivity index (χ1v) is 5.43. The Bertz CT molecular complexity index is 417. The molecule has 1 aromatic carbocycles. The number of rotatable bonds is 3. The molecule has 0 atom stereocenters. The second-order valence-electron chi connectivity index (χ2n) is 3.85. The van der Waals surface area contributed by atoms with E-state index in [1.54, 1.807) is 6.07 Å². The van der Waals surface area contributed by atoms with Gasteiger partial charge in [0.15, 0.2) is 0 Å². The molecule has 4 nitrogen and oxygen atoms in total. The van der Waals surface area contributed by atoms with Crippen molar-refractivity contribution < 1.29 is 13.9 Å². The van der Waals surface area contributed by atoms with E-state index in [4.69, 9.17) is 10.5 Å². The molecule has 1 aliphatic heterocycles. The fraction of sp³-hybridized carbons (Fsp3) is 0.333. The predicted octanol–water partition coefficient (Wildman–Crippen LogP) is 0.700. The molecule has 17 heavy (non-hydrogen) atoms. The third-order valence-electron chi connectivity index (χ3n) is 2.64. The molecule has 0 aliphatic carbocycles. The zero-order chi connectivity index (χ0) is 12.3. The molecule has 1 fully saturated rings. The van der Waals surface area contributed by atoms with Crippen LogP contribution in [0, 0.1) is 12.2 Å². The Morgan fingerprint density at radius 2 is 2.12 bits per heavy atom. The fourth-order valence-electron chi connectivity index (χ4n) is 1.87. The van der Waals surface area contributed by atoms with Crippen LogP contribution in [0.5, 0.6) is 0 Å². The van der Waals surface area contributed by atoms with E-state index in [9.17, 15) is 9.18 Å². The van der Waals surface area contributed by atoms with Crippen LogP contribution in [0.2, 0.25) is 0 Å². The summed E-state index contributed by atoms with van der Waals surface area (Å²) in [5.74, 6) is -0.862. The average Bonchev–Trinajstić information content (AvgIpc) is 2.32. The van der Waals surface area contributed by atoms with Crippen LogP contribution in [-0.2, 0) is 9.53 Å². The number of primary amides is 1. The minimum Gasteiger partial charge on any atom is -0.378 e. The van der Waals surface area contributed by atoms with Crippen molar-refractivity contribution in [3.8, 4) is 0 Å². The maximum Gasteiger partial charge on any atom is 0.226 e. The highest BCUT2D eigenvalue weighted by Crippen LogP contribution is 2.24. The maximum atomic E-state index is 13.3. The quantitative estimate of drug-likeness (QED) is 0.842. The molecule has 1 amide bonds. The van der Waals surface area contributed by atoms with Crippen LogP contribution >= 0.6 is 0 Å². The monoisotopic (exact) mass is 237 g/mol. The Morgan fingerprint density at radius 1 is 1.41 bits per heavy atom. The minimum absolute atomic E-state index is 0.326. The highest BCUT2D eigenvalue weighted by molar-refractivity contribution is 5.89. The Morgan fingerprint density at radius 3 is 2.76 bits per heavy atom. The van der Waals surface area contributed by atoms with Crippen LogP contribution in [0.3, 0.4) is 0 Å². The molecule has 2 N–H and O–H groups in total. The largest absolute Gasteiger partial charge is 0.378 e. The summed E-state index contributed by atoms with van der Waals surface area (Å²) in [6.45, 7) is 2.57. The number of hydrogen-bond acceptors (Lipinski definition) is 3. The van der Waals surface area contributed by atoms with Crippen molar-refractivity contribution in [2.24, 2.45) is 5.73 Å². The van der Waals surface area contributed by atoms with Gasteiger partial charge in [-0.05, 0) is 17.7 Å². The normalized spacial score (nSPS) is 15.9. The van der Waals surface area contributed by atoms with Gasteiger partial charge in [0, 0.05) is 18.8 Å². The molecule has 1 aliphatic rings. The first-order valence-electron chi connectivity index (χ1n) is 5.43. The van der Waals surface area contributed by atoms with Crippen molar-refractivity contribution in [1.29, 1.82) is 0 Å². The fourth-order valence-corrected chi connectivity index (χ4v) is 1.87. The first-order chi connectivity index (χ1) is 8.16. The molecule has 5 heteroatoms. The SMILES string of the molecule is NC(=O)[CH]c1ccc(F)cc1N1CCOCC1. The van der Waals surface area contributed by atoms with Crippen LogP contribution in [0.25, 0.3) is 0 Å². The molecule has 1 radical (unpaired) electrons. The van der Waals surface area contributed by atoms with Gasteiger partial charge in [0.05, 0.1) is 19.6 Å². The molecule has 2 rings (SSSR count). The highest BCUT2D eigenvalue weighted by atomic mass is 19.1. The highest BCUT2D eigenvalue weighted by Gasteiger charge is 2.16. The number of halogens is 1. The van der Waals surface area contributed by atoms with E-state index in [1.807, 2.05) is 4.90 Å². The lowest BCUT2D eigenvalue weighted by Gasteiger charge is -2.30. The van der Waals surface area contributed by atoms with Gasteiger partial charge in [-0.3, -0.25) is 4.79 Å². The van der Waals surface area contributed by atoms with E-state index in [1.165, 1.54) is 18.6 Å². The van der Waals surface area contributed by atoms with Crippen molar-refractivity contribution in [2.75, 3.05) is 31.2 Å². The Labute approximate surface area is 99.2 Å². The van der Waals surface area contributed by atoms with Gasteiger partial charge in [-0.1, -0.05) is 6.07 Å². The third kappa shape index (κ3) is 2.94. The van der Waals surface area contributed by atoms with E-state index in [-0.39, 0.29) is 5.82 Å². The maximum absolute atomic E-state index is 13.3. The summed E-state index contributed by atoms with van der Waals surface area (Å²) in [7, 11) is 0. The molecule has 1 heterocycles. The Kier molecular flexibility index (Phi) is 3.58. The lowest BCUT2D eigenvalue weighted by atomic mass is 10.1. The molecule has 1 aromatic rings. The topological polar surface area (TPSA) is 55.6 Å². The van der Waals surface area contributed by atoms with Crippen LogP contribution < -0.4 is 10.6 Å². The van der Waals surface area contributed by atoms with E-state index >= 15 is 0 Å². The summed E-state index contributed by atoms with van der Waals surface area (Å²) in [5, 5.41) is 0. The third-order valence-corrected chi connectivity index (χ3v) is 2.64. The van der Waals surface area contributed by atoms with Gasteiger partial charge in [-0.15, -0.1) is 0 Å². The molecule has 1 saturated heterocycles. The van der Waals surface area contributed by atoms with E-state index in [2.05, 4.69) is 0 Å². The molecule has 91 valence electrons. The predicted molar refractivity (Wildman–Crippen MR) is 62.0 cm³/mol. The number of carbonyl (C=O) groups is 1. The van der Waals surface area contributed by atoms with E-state index in [0.717, 1.165) is 0 Å². The summed E-state index contributed by atoms with van der Waals surface area (Å²) in [6.07, 6.45) is 1.31. The van der Waals surface area contributed by atoms with Crippen molar-refractivity contribution in [1.82, 2.24) is 0 Å². The van der Waals surface area contributed by atoms with E-state index in [0.29, 0.717) is 37.6 Å². The number of carbonyl (C=O) groups excluding carboxylic acids is 1. The Hall–Kier alpha value is -1.62. The van der Waals surface area contributed by atoms with Gasteiger partial charge in [-0.2, -0.15) is 0 Å². The van der Waals surface area contributed by atoms with Crippen LogP contribution in [0.15, 0.2) is 18.2 Å². The number of nitrogens with two attached hydrogens (primary N) is 1. The molecular formula is C12H14FN2O2. The first kappa shape index (κ1) is 11.9. The number of ether oxygens (including phenoxy) is 1. The summed E-state index contributed by atoms with van der Waals surface area (Å²) >= 11 is 0. The van der Waals surface area contributed by atoms with Crippen molar-refractivity contribution in [2.45, 2.75) is 0 Å². The number of anilines is 1. The van der Waals surface area contributed by atoms with Crippen molar-refractivity contribution in [3.63, 3.8) is 0 Å². The number of benzene rings is 1. The van der Waals surface area contributed by atoms with Crippen molar-refractivity contribution >= 4 is 11.6 Å². The second kappa shape index (κ2) is 5.14. The molecule has 0 unspecified atom stereocenters. The van der Waals surface area contributed by atoms with Crippen LogP contribution in [0.1, 0.15) is 5.56 Å². The zero-order valence-corrected chi connectivity index (χ0v) is 9.36. The smallest absolute Gasteiger partial charge is 0.226 e. The zero-order valence-electron chi connectivity index (χ0n) is 9.36. The number of morpholine rings is 1. The van der Waals surface area contributed by atoms with Crippen molar-refractivity contribution in [3.05, 3.63) is 36.0 Å². The summed E-state index contributed by atoms with van der Waals surface area (Å²) < 4.78 is 18.5. The van der Waals surface area contributed by atoms with E-state index < -0.39 is 5.91 Å². The molecule has 0 aromatic heterocycles. The standard InChI is InChI=1S/C12H14FN2O2/c13-10-2-1-9(7-12(14)16)11(8-10)15-3-5-17-6-4-15/h1-2,7-8H,3-6H2,(H2,14,16). The van der Waals surface area contributed by atoms with Gasteiger partial charge in [0.2, 0.25) is 5.91 Å². The van der Waals surface area contributed by atoms with Crippen LogP contribution in [0.4, 0.5) is 10.1 Å². The summed E-state index contributed by atoms with van der Waals surface area (Å²) in [5.41, 5.74) is 6.46. The number of amides is 1. The average molecular weight is 237 g/mol. The molecule has 0 saturated carbocycles. The second-order valence-corrected chi connectivity index (χ2v) is 3.85. The minimum atomic E-state index is -0.536. The van der Waals surface area contributed by atoms with Gasteiger partial charge in [0.1, 0.15) is 5.82 Å². The van der Waals surface area contributed by atoms with Gasteiger partial charge < -0.3 is 15.4 Å². The summed E-state index contributed by atoms with van der Waals surface area (Å²) in [6, 6.07) is 4.30. The summed E-state index contributed by atoms with van der Waals surface area (Å²) in [4.78, 5) is 12.9. The number of nitrogens with zero attached hydrogens (tertiary/aromatic N) is 1. The molecule has 0 bridgehead atoms. The Balaban J connectivity index is 2.28. The lowest BCUT2D eigenvalue weighted by Crippen LogP contribution is -2.37. The van der Waals surface area contributed by atoms with Crippen LogP contribution in [-0.4, -0.2) is 32.2 Å². The van der Waals surface area contributed by atoms with Gasteiger partial charge >= 0.3 is 0 Å². The van der Waals surface area contributed by atoms with Gasteiger partial charge in [-0.25, -0.2) is 4.39 Å². The lowest BCUT2D eigenvalue weighted by molar-refractivity contribution is -0.114. The molecular weight excluding hydrogens is 223 g/mol.